The maximum atomic E-state index is 6.13. The number of methoxy groups -OCH3 is 1. The van der Waals surface area contributed by atoms with E-state index in [0.29, 0.717) is 5.02 Å². The number of halogens is 1. The Morgan fingerprint density at radius 3 is 2.82 bits per heavy atom. The topological polar surface area (TPSA) is 9.23 Å². The third-order valence-corrected chi connectivity index (χ3v) is 3.84. The quantitative estimate of drug-likeness (QED) is 0.523. The molecule has 0 unspecified atom stereocenters. The molecule has 2 aromatic rings. The molecule has 0 saturated carbocycles. The number of rotatable bonds is 1. The Hall–Kier alpha value is -2.43. The van der Waals surface area contributed by atoms with Crippen molar-refractivity contribution in [2.45, 2.75) is 6.42 Å². The van der Waals surface area contributed by atoms with Crippen LogP contribution in [0.25, 0.3) is 11.6 Å². The molecular weight excluding hydrogens is 292 g/mol. The van der Waals surface area contributed by atoms with Gasteiger partial charge in [0.25, 0.3) is 0 Å². The van der Waals surface area contributed by atoms with E-state index in [2.05, 4.69) is 36.1 Å². The standard InChI is InChI=1S/C20H15ClO/c1-22-14-18-7-4-6-16-11-9-15(13-19(16)18)10-12-17-5-2-3-8-20(17)21/h2-6,8-9,11,13-14H,7H2,1H3. The van der Waals surface area contributed by atoms with Crippen LogP contribution in [0.1, 0.15) is 28.7 Å². The average molecular weight is 307 g/mol. The van der Waals surface area contributed by atoms with E-state index >= 15 is 0 Å². The Balaban J connectivity index is 1.98. The van der Waals surface area contributed by atoms with Crippen molar-refractivity contribution in [3.05, 3.63) is 82.1 Å². The zero-order chi connectivity index (χ0) is 15.4. The van der Waals surface area contributed by atoms with Gasteiger partial charge in [-0.1, -0.05) is 53.8 Å². The van der Waals surface area contributed by atoms with Gasteiger partial charge in [0.15, 0.2) is 0 Å². The van der Waals surface area contributed by atoms with E-state index in [9.17, 15) is 0 Å². The average Bonchev–Trinajstić information content (AvgIpc) is 2.55. The largest absolute Gasteiger partial charge is 0.504 e. The second-order valence-electron chi connectivity index (χ2n) is 5.02. The fourth-order valence-electron chi connectivity index (χ4n) is 2.44. The van der Waals surface area contributed by atoms with Gasteiger partial charge in [-0.2, -0.15) is 0 Å². The second kappa shape index (κ2) is 6.56. The highest BCUT2D eigenvalue weighted by Crippen LogP contribution is 2.29. The van der Waals surface area contributed by atoms with Gasteiger partial charge in [0.2, 0.25) is 0 Å². The maximum Gasteiger partial charge on any atom is 0.0865 e. The summed E-state index contributed by atoms with van der Waals surface area (Å²) >= 11 is 6.13. The van der Waals surface area contributed by atoms with Crippen LogP contribution < -0.4 is 0 Å². The van der Waals surface area contributed by atoms with E-state index in [0.717, 1.165) is 17.5 Å². The molecule has 0 radical (unpaired) electrons. The lowest BCUT2D eigenvalue weighted by molar-refractivity contribution is 0.339. The molecule has 1 aliphatic rings. The predicted molar refractivity (Wildman–Crippen MR) is 92.5 cm³/mol. The molecule has 0 N–H and O–H groups in total. The van der Waals surface area contributed by atoms with Crippen LogP contribution in [-0.2, 0) is 4.74 Å². The molecule has 2 heteroatoms. The number of benzene rings is 2. The van der Waals surface area contributed by atoms with Crippen molar-refractivity contribution in [3.8, 4) is 11.8 Å². The number of hydrogen-bond donors (Lipinski definition) is 0. The summed E-state index contributed by atoms with van der Waals surface area (Å²) in [5.74, 6) is 6.32. The third-order valence-electron chi connectivity index (χ3n) is 3.51. The summed E-state index contributed by atoms with van der Waals surface area (Å²) in [6, 6.07) is 13.8. The summed E-state index contributed by atoms with van der Waals surface area (Å²) in [7, 11) is 1.67. The number of fused-ring (bicyclic) bond motifs is 1. The summed E-state index contributed by atoms with van der Waals surface area (Å²) in [4.78, 5) is 0. The molecule has 0 saturated heterocycles. The van der Waals surface area contributed by atoms with Crippen molar-refractivity contribution in [3.63, 3.8) is 0 Å². The Morgan fingerprint density at radius 1 is 1.14 bits per heavy atom. The molecule has 0 aliphatic heterocycles. The molecule has 1 aliphatic carbocycles. The highest BCUT2D eigenvalue weighted by atomic mass is 35.5. The molecule has 0 spiro atoms. The van der Waals surface area contributed by atoms with Gasteiger partial charge in [0.05, 0.1) is 18.4 Å². The zero-order valence-electron chi connectivity index (χ0n) is 12.3. The van der Waals surface area contributed by atoms with Crippen LogP contribution in [0.15, 0.2) is 54.8 Å². The van der Waals surface area contributed by atoms with Crippen molar-refractivity contribution in [1.29, 1.82) is 0 Å². The van der Waals surface area contributed by atoms with Crippen LogP contribution in [0.2, 0.25) is 5.02 Å². The van der Waals surface area contributed by atoms with E-state index in [-0.39, 0.29) is 0 Å². The number of ether oxygens (including phenoxy) is 1. The monoisotopic (exact) mass is 306 g/mol. The van der Waals surface area contributed by atoms with Crippen LogP contribution >= 0.6 is 11.6 Å². The molecule has 3 rings (SSSR count). The summed E-state index contributed by atoms with van der Waals surface area (Å²) < 4.78 is 5.17. The van der Waals surface area contributed by atoms with Crippen LogP contribution in [0.4, 0.5) is 0 Å². The highest BCUT2D eigenvalue weighted by molar-refractivity contribution is 6.31. The molecular formula is C20H15ClO. The third kappa shape index (κ3) is 3.08. The fourth-order valence-corrected chi connectivity index (χ4v) is 2.62. The highest BCUT2D eigenvalue weighted by Gasteiger charge is 2.10. The smallest absolute Gasteiger partial charge is 0.0865 e. The van der Waals surface area contributed by atoms with Gasteiger partial charge in [-0.15, -0.1) is 0 Å². The minimum Gasteiger partial charge on any atom is -0.504 e. The lowest BCUT2D eigenvalue weighted by Gasteiger charge is -2.14. The van der Waals surface area contributed by atoms with Crippen LogP contribution in [0, 0.1) is 11.8 Å². The molecule has 2 aromatic carbocycles. The van der Waals surface area contributed by atoms with Crippen molar-refractivity contribution in [2.24, 2.45) is 0 Å². The molecule has 0 amide bonds. The Bertz CT molecular complexity index is 819. The zero-order valence-corrected chi connectivity index (χ0v) is 13.0. The van der Waals surface area contributed by atoms with Gasteiger partial charge >= 0.3 is 0 Å². The predicted octanol–water partition coefficient (Wildman–Crippen LogP) is 5.14. The molecule has 1 nitrogen and oxygen atoms in total. The van der Waals surface area contributed by atoms with Crippen LogP contribution in [0.5, 0.6) is 0 Å². The lowest BCUT2D eigenvalue weighted by atomic mass is 9.91. The Kier molecular flexibility index (Phi) is 4.32. The summed E-state index contributed by atoms with van der Waals surface area (Å²) in [6.45, 7) is 0. The van der Waals surface area contributed by atoms with E-state index in [4.69, 9.17) is 16.3 Å². The van der Waals surface area contributed by atoms with Gasteiger partial charge in [0, 0.05) is 11.1 Å². The first kappa shape index (κ1) is 14.5. The van der Waals surface area contributed by atoms with Crippen molar-refractivity contribution in [1.82, 2.24) is 0 Å². The Labute approximate surface area is 135 Å². The molecule has 0 bridgehead atoms. The van der Waals surface area contributed by atoms with Crippen molar-refractivity contribution >= 4 is 23.3 Å². The first-order valence-corrected chi connectivity index (χ1v) is 7.45. The first-order valence-electron chi connectivity index (χ1n) is 7.07. The van der Waals surface area contributed by atoms with E-state index < -0.39 is 0 Å². The molecule has 108 valence electrons. The molecule has 0 atom stereocenters. The van der Waals surface area contributed by atoms with Crippen molar-refractivity contribution < 1.29 is 4.74 Å². The minimum absolute atomic E-state index is 0.677. The number of allylic oxidation sites excluding steroid dienone is 2. The van der Waals surface area contributed by atoms with Crippen molar-refractivity contribution in [2.75, 3.05) is 7.11 Å². The summed E-state index contributed by atoms with van der Waals surface area (Å²) in [6.07, 6.45) is 6.95. The lowest BCUT2D eigenvalue weighted by Crippen LogP contribution is -1.95. The van der Waals surface area contributed by atoms with Crippen LogP contribution in [0.3, 0.4) is 0 Å². The maximum absolute atomic E-state index is 6.13. The van der Waals surface area contributed by atoms with Crippen LogP contribution in [-0.4, -0.2) is 7.11 Å². The fraction of sp³-hybridized carbons (Fsp3) is 0.100. The number of hydrogen-bond acceptors (Lipinski definition) is 1. The molecule has 22 heavy (non-hydrogen) atoms. The molecule has 0 heterocycles. The summed E-state index contributed by atoms with van der Waals surface area (Å²) in [5, 5.41) is 0.677. The van der Waals surface area contributed by atoms with Gasteiger partial charge < -0.3 is 4.74 Å². The SMILES string of the molecule is COC=C1CC=Cc2ccc(C#Cc3ccccc3Cl)cc21. The Morgan fingerprint density at radius 2 is 2.00 bits per heavy atom. The van der Waals surface area contributed by atoms with E-state index in [1.54, 1.807) is 13.4 Å². The summed E-state index contributed by atoms with van der Waals surface area (Å²) in [5.41, 5.74) is 5.35. The minimum atomic E-state index is 0.677. The second-order valence-corrected chi connectivity index (χ2v) is 5.42. The van der Waals surface area contributed by atoms with Gasteiger partial charge in [-0.25, -0.2) is 0 Å². The van der Waals surface area contributed by atoms with Gasteiger partial charge in [0.1, 0.15) is 0 Å². The van der Waals surface area contributed by atoms with Gasteiger partial charge in [-0.3, -0.25) is 0 Å². The first-order chi connectivity index (χ1) is 10.8. The van der Waals surface area contributed by atoms with E-state index in [1.165, 1.54) is 16.7 Å². The molecule has 0 fully saturated rings. The molecule has 0 aromatic heterocycles. The van der Waals surface area contributed by atoms with E-state index in [1.807, 2.05) is 30.3 Å². The van der Waals surface area contributed by atoms with Gasteiger partial charge in [-0.05, 0) is 47.4 Å². The normalized spacial score (nSPS) is 14.2.